The minimum Gasteiger partial charge on any atom is -0.458 e. The van der Waals surface area contributed by atoms with Gasteiger partial charge in [0, 0.05) is 62.2 Å². The number of nitrogens with zero attached hydrogens (tertiary/aromatic N) is 2. The quantitative estimate of drug-likeness (QED) is 0.147. The fraction of sp³-hybridized carbons (Fsp3) is 0.705. The topological polar surface area (TPSA) is 197 Å². The fourth-order valence-corrected chi connectivity index (χ4v) is 9.43. The lowest BCUT2D eigenvalue weighted by Crippen LogP contribution is -2.58. The molecule has 0 aromatic heterocycles. The number of ketones is 2. The number of nitrogens with two attached hydrogens (primary N) is 1. The van der Waals surface area contributed by atoms with Crippen molar-refractivity contribution in [2.75, 3.05) is 38.7 Å². The maximum atomic E-state index is 14.3. The monoisotopic (exact) mass is 859 g/mol. The molecule has 0 aliphatic carbocycles. The van der Waals surface area contributed by atoms with Crippen LogP contribution in [0.15, 0.2) is 36.2 Å². The zero-order chi connectivity index (χ0) is 45.0. The Morgan fingerprint density at radius 2 is 1.79 bits per heavy atom. The number of anilines is 1. The fourth-order valence-electron chi connectivity index (χ4n) is 9.43. The normalized spacial score (nSPS) is 36.8. The van der Waals surface area contributed by atoms with E-state index in [0.29, 0.717) is 43.7 Å². The van der Waals surface area contributed by atoms with Crippen LogP contribution in [0.3, 0.4) is 0 Å². The molecule has 4 aliphatic heterocycles. The summed E-state index contributed by atoms with van der Waals surface area (Å²) < 4.78 is 50.2. The summed E-state index contributed by atoms with van der Waals surface area (Å²) in [4.78, 5) is 70.8. The molecular weight excluding hydrogens is 794 g/mol. The van der Waals surface area contributed by atoms with E-state index >= 15 is 0 Å². The molecule has 0 spiro atoms. The smallest absolute Gasteiger partial charge is 0.414 e. The average molecular weight is 860 g/mol. The third-order valence-corrected chi connectivity index (χ3v) is 13.1. The van der Waals surface area contributed by atoms with E-state index in [-0.39, 0.29) is 37.3 Å². The minimum atomic E-state index is -1.35. The van der Waals surface area contributed by atoms with Gasteiger partial charge in [0.2, 0.25) is 0 Å². The number of fused-ring (bicyclic) bond motifs is 1. The van der Waals surface area contributed by atoms with Crippen molar-refractivity contribution in [3.63, 3.8) is 0 Å². The Bertz CT molecular complexity index is 1800. The van der Waals surface area contributed by atoms with Crippen LogP contribution in [-0.2, 0) is 42.8 Å². The Morgan fingerprint density at radius 3 is 2.46 bits per heavy atom. The molecule has 0 saturated carbocycles. The van der Waals surface area contributed by atoms with E-state index in [9.17, 15) is 28.4 Å². The Hall–Kier alpha value is -4.32. The van der Waals surface area contributed by atoms with E-state index < -0.39 is 95.3 Å². The molecule has 2 amide bonds. The zero-order valence-corrected chi connectivity index (χ0v) is 37.2. The van der Waals surface area contributed by atoms with Gasteiger partial charge in [0.05, 0.1) is 42.6 Å². The molecule has 1 aromatic carbocycles. The number of hydrogen-bond donors (Lipinski definition) is 3. The number of amides is 2. The van der Waals surface area contributed by atoms with Gasteiger partial charge in [0.15, 0.2) is 17.7 Å². The highest BCUT2D eigenvalue weighted by Gasteiger charge is 2.57. The molecule has 4 fully saturated rings. The summed E-state index contributed by atoms with van der Waals surface area (Å²) in [5, 5.41) is 5.93. The van der Waals surface area contributed by atoms with Gasteiger partial charge in [0.25, 0.3) is 0 Å². The molecule has 4 N–H and O–H groups in total. The van der Waals surface area contributed by atoms with Gasteiger partial charge >= 0.3 is 18.2 Å². The van der Waals surface area contributed by atoms with Crippen molar-refractivity contribution in [3.05, 3.63) is 42.0 Å². The maximum Gasteiger partial charge on any atom is 0.414 e. The van der Waals surface area contributed by atoms with Gasteiger partial charge in [-0.25, -0.2) is 14.0 Å². The second-order valence-electron chi connectivity index (χ2n) is 17.8. The van der Waals surface area contributed by atoms with E-state index in [4.69, 9.17) is 34.2 Å². The first kappa shape index (κ1) is 47.7. The van der Waals surface area contributed by atoms with Gasteiger partial charge in [-0.3, -0.25) is 19.3 Å². The van der Waals surface area contributed by atoms with Crippen LogP contribution in [-0.4, -0.2) is 122 Å². The van der Waals surface area contributed by atoms with Gasteiger partial charge in [0.1, 0.15) is 29.7 Å². The molecular formula is C44H66FN5O11. The molecule has 16 nitrogen and oxygen atoms in total. The summed E-state index contributed by atoms with van der Waals surface area (Å²) in [5.41, 5.74) is 4.85. The average Bonchev–Trinajstić information content (AvgIpc) is 3.75. The number of nitrogens with one attached hydrogen (secondary N) is 2. The van der Waals surface area contributed by atoms with E-state index in [2.05, 4.69) is 15.5 Å². The standard InChI is InChI=1S/C44H66FN5O11/c1-11-34-44(8)38(48-41(54)61-44)26(4)36(51)24(2)20-43(7,56-10)39(27(5)37(52)28(6)40(53)59-34)60-35-19-32(17-25(3)57-35)49(9)16-15-30(46)21-47-22-33-23-50(42(55)58-33)31-14-12-13-29(45)18-31/h12-14,18,21,24-28,32-35,38-39,47H,11,15-17,19-20,22-23,46H2,1-10H3,(H,48,54)/b30-21-/t24-,25-,26-,27+,28-,32+,33+,34-,35+,38-,39-,43-,44-/m1/s1. The van der Waals surface area contributed by atoms with Gasteiger partial charge in [-0.1, -0.05) is 33.8 Å². The molecule has 5 rings (SSSR count). The highest BCUT2D eigenvalue weighted by molar-refractivity contribution is 6.00. The SMILES string of the molecule is CC[C@H]1OC(=O)[C@H](C)C(=O)[C@H](C)[C@@H](O[C@H]2C[C@@H](N(C)CC/C(N)=C/NC[C@H]3CN(c4cccc(F)c4)C(=O)O3)C[C@@H](C)O2)[C@](C)(OC)C[C@@H](C)C(=O)[C@@H](C)[C@H]2NC(=O)O[C@@]21C. The summed E-state index contributed by atoms with van der Waals surface area (Å²) in [6, 6.07) is 5.01. The second-order valence-corrected chi connectivity index (χ2v) is 17.8. The number of benzene rings is 1. The third kappa shape index (κ3) is 10.8. The van der Waals surface area contributed by atoms with Gasteiger partial charge < -0.3 is 49.7 Å². The Kier molecular flexibility index (Phi) is 15.5. The Balaban J connectivity index is 1.26. The second kappa shape index (κ2) is 19.8. The molecule has 13 atom stereocenters. The van der Waals surface area contributed by atoms with Crippen LogP contribution in [0.1, 0.15) is 87.5 Å². The van der Waals surface area contributed by atoms with E-state index in [1.807, 2.05) is 14.0 Å². The summed E-state index contributed by atoms with van der Waals surface area (Å²) >= 11 is 0. The molecule has 0 bridgehead atoms. The van der Waals surface area contributed by atoms with Gasteiger partial charge in [-0.15, -0.1) is 0 Å². The van der Waals surface area contributed by atoms with Gasteiger partial charge in [-0.2, -0.15) is 0 Å². The number of cyclic esters (lactones) is 2. The van der Waals surface area contributed by atoms with Crippen LogP contribution in [0, 0.1) is 29.5 Å². The van der Waals surface area contributed by atoms with Crippen molar-refractivity contribution >= 4 is 35.4 Å². The third-order valence-electron chi connectivity index (χ3n) is 13.1. The van der Waals surface area contributed by atoms with Crippen molar-refractivity contribution in [1.29, 1.82) is 0 Å². The summed E-state index contributed by atoms with van der Waals surface area (Å²) in [5.74, 6) is -5.19. The number of carbonyl (C=O) groups excluding carboxylic acids is 5. The van der Waals surface area contributed by atoms with Crippen molar-refractivity contribution in [3.8, 4) is 0 Å². The van der Waals surface area contributed by atoms with E-state index in [0.717, 1.165) is 0 Å². The number of hydrogen-bond acceptors (Lipinski definition) is 14. The lowest BCUT2D eigenvalue weighted by molar-refractivity contribution is -0.263. The number of esters is 1. The molecule has 0 unspecified atom stereocenters. The predicted octanol–water partition coefficient (Wildman–Crippen LogP) is 4.82. The highest BCUT2D eigenvalue weighted by Crippen LogP contribution is 2.40. The lowest BCUT2D eigenvalue weighted by Gasteiger charge is -2.45. The largest absolute Gasteiger partial charge is 0.458 e. The first-order valence-electron chi connectivity index (χ1n) is 21.5. The van der Waals surface area contributed by atoms with Crippen LogP contribution in [0.4, 0.5) is 19.7 Å². The summed E-state index contributed by atoms with van der Waals surface area (Å²) in [7, 11) is 3.51. The Morgan fingerprint density at radius 1 is 1.07 bits per heavy atom. The number of halogens is 1. The van der Waals surface area contributed by atoms with Crippen LogP contribution in [0.2, 0.25) is 0 Å². The molecule has 4 heterocycles. The van der Waals surface area contributed by atoms with Crippen molar-refractivity contribution in [2.45, 2.75) is 141 Å². The first-order chi connectivity index (χ1) is 28.7. The summed E-state index contributed by atoms with van der Waals surface area (Å²) in [6.45, 7) is 15.1. The molecule has 4 saturated heterocycles. The van der Waals surface area contributed by atoms with Crippen molar-refractivity contribution in [2.24, 2.45) is 29.4 Å². The summed E-state index contributed by atoms with van der Waals surface area (Å²) in [6.07, 6.45) is -0.698. The zero-order valence-electron chi connectivity index (χ0n) is 37.2. The molecule has 340 valence electrons. The minimum absolute atomic E-state index is 0.0129. The Labute approximate surface area is 358 Å². The highest BCUT2D eigenvalue weighted by atomic mass is 19.1. The molecule has 1 aromatic rings. The number of rotatable bonds is 12. The van der Waals surface area contributed by atoms with E-state index in [1.165, 1.54) is 31.1 Å². The first-order valence-corrected chi connectivity index (χ1v) is 21.5. The predicted molar refractivity (Wildman–Crippen MR) is 222 cm³/mol. The number of Topliss-reactive ketones (excluding diaryl/α,β-unsaturated/α-hetero) is 2. The maximum absolute atomic E-state index is 14.3. The van der Waals surface area contributed by atoms with E-state index in [1.54, 1.807) is 59.9 Å². The lowest BCUT2D eigenvalue weighted by atomic mass is 9.73. The van der Waals surface area contributed by atoms with Gasteiger partial charge in [-0.05, 0) is 72.2 Å². The molecule has 0 radical (unpaired) electrons. The molecule has 4 aliphatic rings. The number of alkyl carbamates (subject to hydrolysis) is 1. The molecule has 61 heavy (non-hydrogen) atoms. The van der Waals surface area contributed by atoms with Crippen LogP contribution < -0.4 is 21.3 Å². The number of ether oxygens (including phenoxy) is 6. The number of methoxy groups -OCH3 is 1. The van der Waals surface area contributed by atoms with Crippen LogP contribution >= 0.6 is 0 Å². The van der Waals surface area contributed by atoms with Crippen molar-refractivity contribution in [1.82, 2.24) is 15.5 Å². The van der Waals surface area contributed by atoms with Crippen LogP contribution in [0.25, 0.3) is 0 Å². The van der Waals surface area contributed by atoms with Crippen LogP contribution in [0.5, 0.6) is 0 Å². The number of carbonyl (C=O) groups is 5. The molecule has 17 heteroatoms. The van der Waals surface area contributed by atoms with Crippen molar-refractivity contribution < 1.29 is 56.8 Å².